The molecular weight excluding hydrogens is 188 g/mol. The van der Waals surface area contributed by atoms with Crippen molar-refractivity contribution in [1.82, 2.24) is 0 Å². The zero-order valence-corrected chi connectivity index (χ0v) is 10.0. The Morgan fingerprint density at radius 3 is 2.60 bits per heavy atom. The summed E-state index contributed by atoms with van der Waals surface area (Å²) in [4.78, 5) is 11.6. The molecular formula is C13H22O2. The maximum atomic E-state index is 11.6. The summed E-state index contributed by atoms with van der Waals surface area (Å²) in [5, 5.41) is 0. The number of hydrogen-bond donors (Lipinski definition) is 0. The molecule has 2 aliphatic heterocycles. The Labute approximate surface area is 92.4 Å². The Kier molecular flexibility index (Phi) is 3.03. The van der Waals surface area contributed by atoms with E-state index in [-0.39, 0.29) is 18.0 Å². The van der Waals surface area contributed by atoms with Crippen molar-refractivity contribution in [2.45, 2.75) is 52.6 Å². The van der Waals surface area contributed by atoms with E-state index < -0.39 is 0 Å². The number of fused-ring (bicyclic) bond motifs is 1. The molecule has 0 radical (unpaired) electrons. The van der Waals surface area contributed by atoms with Crippen molar-refractivity contribution in [3.05, 3.63) is 0 Å². The Hall–Kier alpha value is -0.530. The van der Waals surface area contributed by atoms with Gasteiger partial charge in [0, 0.05) is 0 Å². The number of carbonyl (C=O) groups excluding carboxylic acids is 1. The van der Waals surface area contributed by atoms with E-state index in [2.05, 4.69) is 6.92 Å². The van der Waals surface area contributed by atoms with Crippen LogP contribution in [0.3, 0.4) is 0 Å². The van der Waals surface area contributed by atoms with E-state index in [0.717, 1.165) is 31.1 Å². The zero-order chi connectivity index (χ0) is 11.0. The van der Waals surface area contributed by atoms with Gasteiger partial charge in [-0.1, -0.05) is 20.8 Å². The summed E-state index contributed by atoms with van der Waals surface area (Å²) < 4.78 is 5.51. The second-order valence-electron chi connectivity index (χ2n) is 5.10. The fourth-order valence-corrected chi connectivity index (χ4v) is 3.55. The first-order valence-electron chi connectivity index (χ1n) is 6.44. The molecule has 0 aromatic carbocycles. The third-order valence-corrected chi connectivity index (χ3v) is 4.34. The van der Waals surface area contributed by atoms with Gasteiger partial charge in [0.1, 0.15) is 6.10 Å². The summed E-state index contributed by atoms with van der Waals surface area (Å²) in [6.45, 7) is 6.26. The lowest BCUT2D eigenvalue weighted by molar-refractivity contribution is -0.152. The second kappa shape index (κ2) is 4.15. The maximum absolute atomic E-state index is 11.6. The molecule has 15 heavy (non-hydrogen) atoms. The number of rotatable bonds is 0. The van der Waals surface area contributed by atoms with Gasteiger partial charge in [-0.2, -0.15) is 0 Å². The summed E-state index contributed by atoms with van der Waals surface area (Å²) in [6.07, 6.45) is 4.96. The van der Waals surface area contributed by atoms with E-state index >= 15 is 0 Å². The molecule has 2 saturated heterocycles. The minimum absolute atomic E-state index is 0.0987. The van der Waals surface area contributed by atoms with Crippen LogP contribution in [0.15, 0.2) is 0 Å². The smallest absolute Gasteiger partial charge is 0.309 e. The Balaban J connectivity index is 0.000000404. The van der Waals surface area contributed by atoms with Crippen LogP contribution in [0, 0.1) is 23.7 Å². The van der Waals surface area contributed by atoms with Crippen LogP contribution in [0.5, 0.6) is 0 Å². The molecule has 2 heteroatoms. The van der Waals surface area contributed by atoms with Gasteiger partial charge in [0.15, 0.2) is 0 Å². The first-order valence-corrected chi connectivity index (χ1v) is 6.44. The fraction of sp³-hybridized carbons (Fsp3) is 0.923. The molecule has 0 spiro atoms. The van der Waals surface area contributed by atoms with Crippen LogP contribution in [0.4, 0.5) is 0 Å². The van der Waals surface area contributed by atoms with Crippen molar-refractivity contribution in [1.29, 1.82) is 0 Å². The molecule has 0 aromatic rings. The van der Waals surface area contributed by atoms with Gasteiger partial charge in [-0.05, 0) is 43.4 Å². The number of ether oxygens (including phenoxy) is 1. The summed E-state index contributed by atoms with van der Waals surface area (Å²) in [5.41, 5.74) is 0. The van der Waals surface area contributed by atoms with E-state index in [4.69, 9.17) is 4.74 Å². The highest BCUT2D eigenvalue weighted by atomic mass is 16.5. The monoisotopic (exact) mass is 210 g/mol. The standard InChI is InChI=1S/C11H16O2.C2H6/c1-6-8-2-7-3-9(5-8)11(12)13-10(6)4-7;1-2/h6-10H,2-5H2,1H3;1-2H3. The number of carbonyl (C=O) groups is 1. The van der Waals surface area contributed by atoms with Gasteiger partial charge < -0.3 is 4.74 Å². The van der Waals surface area contributed by atoms with E-state index in [1.807, 2.05) is 13.8 Å². The van der Waals surface area contributed by atoms with Gasteiger partial charge in [-0.25, -0.2) is 0 Å². The maximum Gasteiger partial charge on any atom is 0.309 e. The van der Waals surface area contributed by atoms with E-state index in [9.17, 15) is 4.79 Å². The van der Waals surface area contributed by atoms with Crippen LogP contribution < -0.4 is 0 Å². The van der Waals surface area contributed by atoms with E-state index in [1.54, 1.807) is 0 Å². The fourth-order valence-electron chi connectivity index (χ4n) is 3.55. The Bertz CT molecular complexity index is 249. The minimum atomic E-state index is 0.0987. The minimum Gasteiger partial charge on any atom is -0.462 e. The highest BCUT2D eigenvalue weighted by molar-refractivity contribution is 5.73. The lowest BCUT2D eigenvalue weighted by Gasteiger charge is -2.40. The second-order valence-corrected chi connectivity index (χ2v) is 5.10. The molecule has 0 aromatic heterocycles. The van der Waals surface area contributed by atoms with Crippen LogP contribution in [0.25, 0.3) is 0 Å². The molecule has 2 heterocycles. The van der Waals surface area contributed by atoms with Crippen LogP contribution >= 0.6 is 0 Å². The SMILES string of the molecule is CC.CC1C2CC3CC(C2)C(=O)OC1C3. The normalized spacial score (nSPS) is 46.6. The summed E-state index contributed by atoms with van der Waals surface area (Å²) >= 11 is 0. The molecule has 4 rings (SSSR count). The Morgan fingerprint density at radius 1 is 1.13 bits per heavy atom. The predicted octanol–water partition coefficient (Wildman–Crippen LogP) is 3.01. The predicted molar refractivity (Wildman–Crippen MR) is 59.3 cm³/mol. The van der Waals surface area contributed by atoms with Crippen molar-refractivity contribution in [2.24, 2.45) is 23.7 Å². The van der Waals surface area contributed by atoms with Crippen LogP contribution in [-0.2, 0) is 9.53 Å². The molecule has 2 nitrogen and oxygen atoms in total. The molecule has 4 aliphatic rings. The van der Waals surface area contributed by atoms with Crippen LogP contribution in [-0.4, -0.2) is 12.1 Å². The molecule has 4 bridgehead atoms. The number of hydrogen-bond acceptors (Lipinski definition) is 2. The molecule has 5 unspecified atom stereocenters. The van der Waals surface area contributed by atoms with Crippen LogP contribution in [0.2, 0.25) is 0 Å². The largest absolute Gasteiger partial charge is 0.462 e. The zero-order valence-electron chi connectivity index (χ0n) is 10.0. The molecule has 2 aliphatic carbocycles. The van der Waals surface area contributed by atoms with Gasteiger partial charge in [0.05, 0.1) is 5.92 Å². The summed E-state index contributed by atoms with van der Waals surface area (Å²) in [6, 6.07) is 0. The molecule has 0 amide bonds. The third-order valence-electron chi connectivity index (χ3n) is 4.34. The summed E-state index contributed by atoms with van der Waals surface area (Å²) in [7, 11) is 0. The van der Waals surface area contributed by atoms with Gasteiger partial charge in [0.2, 0.25) is 0 Å². The highest BCUT2D eigenvalue weighted by Crippen LogP contribution is 2.49. The Morgan fingerprint density at radius 2 is 1.87 bits per heavy atom. The molecule has 86 valence electrons. The lowest BCUT2D eigenvalue weighted by Crippen LogP contribution is -2.36. The van der Waals surface area contributed by atoms with Crippen molar-refractivity contribution in [3.63, 3.8) is 0 Å². The first kappa shape index (κ1) is 11.0. The van der Waals surface area contributed by atoms with Gasteiger partial charge in [-0.15, -0.1) is 0 Å². The van der Waals surface area contributed by atoms with E-state index in [1.165, 1.54) is 6.42 Å². The van der Waals surface area contributed by atoms with Crippen molar-refractivity contribution in [2.75, 3.05) is 0 Å². The van der Waals surface area contributed by atoms with Crippen molar-refractivity contribution in [3.8, 4) is 0 Å². The summed E-state index contributed by atoms with van der Waals surface area (Å²) in [5.74, 6) is 2.52. The van der Waals surface area contributed by atoms with Crippen molar-refractivity contribution < 1.29 is 9.53 Å². The van der Waals surface area contributed by atoms with E-state index in [0.29, 0.717) is 5.92 Å². The van der Waals surface area contributed by atoms with Gasteiger partial charge in [-0.3, -0.25) is 4.79 Å². The lowest BCUT2D eigenvalue weighted by atomic mass is 9.64. The highest BCUT2D eigenvalue weighted by Gasteiger charge is 2.48. The van der Waals surface area contributed by atoms with Crippen LogP contribution in [0.1, 0.15) is 46.5 Å². The molecule has 4 fully saturated rings. The molecule has 5 atom stereocenters. The van der Waals surface area contributed by atoms with Crippen molar-refractivity contribution >= 4 is 5.97 Å². The number of esters is 1. The molecule has 2 saturated carbocycles. The average Bonchev–Trinajstić information content (AvgIpc) is 2.41. The third kappa shape index (κ3) is 1.79. The van der Waals surface area contributed by atoms with Gasteiger partial charge >= 0.3 is 5.97 Å². The topological polar surface area (TPSA) is 26.3 Å². The first-order chi connectivity index (χ1) is 7.24. The quantitative estimate of drug-likeness (QED) is 0.574. The average molecular weight is 210 g/mol. The molecule has 0 N–H and O–H groups in total. The van der Waals surface area contributed by atoms with Gasteiger partial charge in [0.25, 0.3) is 0 Å².